The first kappa shape index (κ1) is 22.3. The van der Waals surface area contributed by atoms with Crippen LogP contribution < -0.4 is 9.64 Å². The number of rotatable bonds is 6. The summed E-state index contributed by atoms with van der Waals surface area (Å²) < 4.78 is 7.16. The van der Waals surface area contributed by atoms with Gasteiger partial charge in [-0.2, -0.15) is 0 Å². The molecule has 0 spiro atoms. The van der Waals surface area contributed by atoms with E-state index in [-0.39, 0.29) is 5.91 Å². The summed E-state index contributed by atoms with van der Waals surface area (Å²) >= 11 is 7.51. The zero-order chi connectivity index (χ0) is 22.9. The van der Waals surface area contributed by atoms with Crippen LogP contribution in [-0.4, -0.2) is 16.5 Å². The van der Waals surface area contributed by atoms with Crippen LogP contribution in [0.15, 0.2) is 66.7 Å². The van der Waals surface area contributed by atoms with Gasteiger partial charge in [-0.05, 0) is 74.7 Å². The molecule has 1 heterocycles. The van der Waals surface area contributed by atoms with Crippen molar-refractivity contribution in [2.75, 3.05) is 4.90 Å². The van der Waals surface area contributed by atoms with Crippen molar-refractivity contribution in [3.63, 3.8) is 0 Å². The van der Waals surface area contributed by atoms with Gasteiger partial charge in [0.05, 0.1) is 16.8 Å². The number of amides is 1. The van der Waals surface area contributed by atoms with Crippen molar-refractivity contribution < 1.29 is 9.53 Å². The second-order valence-electron chi connectivity index (χ2n) is 8.29. The van der Waals surface area contributed by atoms with Gasteiger partial charge in [-0.1, -0.05) is 59.3 Å². The van der Waals surface area contributed by atoms with E-state index in [1.165, 1.54) is 16.9 Å². The molecule has 0 atom stereocenters. The molecule has 0 saturated carbocycles. The predicted octanol–water partition coefficient (Wildman–Crippen LogP) is 6.96. The zero-order valence-electron chi connectivity index (χ0n) is 18.6. The lowest BCUT2D eigenvalue weighted by Crippen LogP contribution is -2.48. The number of hydrogen-bond acceptors (Lipinski definition) is 4. The Balaban J connectivity index is 1.72. The molecule has 0 radical (unpaired) electrons. The number of benzene rings is 3. The lowest BCUT2D eigenvalue weighted by atomic mass is 10.1. The van der Waals surface area contributed by atoms with Gasteiger partial charge in [-0.25, -0.2) is 4.98 Å². The van der Waals surface area contributed by atoms with Gasteiger partial charge in [0.2, 0.25) is 0 Å². The minimum absolute atomic E-state index is 0.162. The second kappa shape index (κ2) is 8.93. The Bertz CT molecular complexity index is 1250. The Morgan fingerprint density at radius 2 is 1.72 bits per heavy atom. The molecule has 0 fully saturated rings. The van der Waals surface area contributed by atoms with Gasteiger partial charge in [0, 0.05) is 5.02 Å². The first-order valence-electron chi connectivity index (χ1n) is 10.4. The summed E-state index contributed by atoms with van der Waals surface area (Å²) in [6.07, 6.45) is 0. The van der Waals surface area contributed by atoms with Crippen molar-refractivity contribution in [3.05, 3.63) is 88.4 Å². The average molecular weight is 465 g/mol. The molecule has 0 aliphatic heterocycles. The Kier molecular flexibility index (Phi) is 6.22. The predicted molar refractivity (Wildman–Crippen MR) is 133 cm³/mol. The Hall–Kier alpha value is -2.89. The van der Waals surface area contributed by atoms with E-state index >= 15 is 0 Å². The van der Waals surface area contributed by atoms with Crippen molar-refractivity contribution in [1.82, 2.24) is 4.98 Å². The van der Waals surface area contributed by atoms with Gasteiger partial charge in [-0.3, -0.25) is 9.69 Å². The van der Waals surface area contributed by atoms with Crippen LogP contribution in [-0.2, 0) is 11.3 Å². The average Bonchev–Trinajstić information content (AvgIpc) is 3.21. The number of carbonyl (C=O) groups excluding carboxylic acids is 1. The lowest BCUT2D eigenvalue weighted by Gasteiger charge is -2.31. The molecule has 4 nitrogen and oxygen atoms in total. The number of anilines is 1. The number of nitrogens with zero attached hydrogens (tertiary/aromatic N) is 2. The molecule has 164 valence electrons. The van der Waals surface area contributed by atoms with Crippen LogP contribution in [0.5, 0.6) is 5.75 Å². The fourth-order valence-electron chi connectivity index (χ4n) is 3.49. The summed E-state index contributed by atoms with van der Waals surface area (Å²) in [5, 5.41) is 1.28. The second-order valence-corrected chi connectivity index (χ2v) is 9.74. The lowest BCUT2D eigenvalue weighted by molar-refractivity contribution is -0.131. The molecule has 3 aromatic carbocycles. The van der Waals surface area contributed by atoms with Crippen LogP contribution in [0.3, 0.4) is 0 Å². The summed E-state index contributed by atoms with van der Waals surface area (Å²) in [7, 11) is 0. The van der Waals surface area contributed by atoms with Crippen LogP contribution in [0.2, 0.25) is 5.02 Å². The van der Waals surface area contributed by atoms with E-state index in [0.717, 1.165) is 21.3 Å². The molecule has 0 aliphatic carbocycles. The third-order valence-electron chi connectivity index (χ3n) is 5.43. The van der Waals surface area contributed by atoms with Gasteiger partial charge in [-0.15, -0.1) is 0 Å². The van der Waals surface area contributed by atoms with Crippen LogP contribution in [0, 0.1) is 13.8 Å². The van der Waals surface area contributed by atoms with Gasteiger partial charge in [0.15, 0.2) is 10.7 Å². The highest BCUT2D eigenvalue weighted by molar-refractivity contribution is 7.22. The third-order valence-corrected chi connectivity index (χ3v) is 6.73. The van der Waals surface area contributed by atoms with Crippen LogP contribution in [0.4, 0.5) is 5.13 Å². The summed E-state index contributed by atoms with van der Waals surface area (Å²) in [5.74, 6) is 0.424. The molecule has 4 aromatic rings. The third kappa shape index (κ3) is 4.64. The first-order chi connectivity index (χ1) is 15.2. The number of halogens is 1. The Labute approximate surface area is 197 Å². The van der Waals surface area contributed by atoms with Crippen molar-refractivity contribution in [2.45, 2.75) is 39.8 Å². The van der Waals surface area contributed by atoms with E-state index < -0.39 is 5.60 Å². The molecule has 4 rings (SSSR count). The monoisotopic (exact) mass is 464 g/mol. The molecular formula is C26H25ClN2O2S. The molecule has 1 aromatic heterocycles. The number of hydrogen-bond donors (Lipinski definition) is 0. The highest BCUT2D eigenvalue weighted by atomic mass is 35.5. The van der Waals surface area contributed by atoms with Gasteiger partial charge >= 0.3 is 0 Å². The number of thiazole rings is 1. The molecule has 0 saturated heterocycles. The highest BCUT2D eigenvalue weighted by Crippen LogP contribution is 2.34. The largest absolute Gasteiger partial charge is 0.478 e. The van der Waals surface area contributed by atoms with Crippen LogP contribution in [0.25, 0.3) is 10.2 Å². The Morgan fingerprint density at radius 1 is 1.03 bits per heavy atom. The van der Waals surface area contributed by atoms with Crippen molar-refractivity contribution >= 4 is 44.2 Å². The molecule has 0 unspecified atom stereocenters. The van der Waals surface area contributed by atoms with Crippen LogP contribution in [0.1, 0.15) is 30.5 Å². The van der Waals surface area contributed by atoms with Gasteiger partial charge in [0.25, 0.3) is 5.91 Å². The summed E-state index contributed by atoms with van der Waals surface area (Å²) in [5.41, 5.74) is 3.17. The summed E-state index contributed by atoms with van der Waals surface area (Å²) in [6, 6.07) is 21.1. The maximum Gasteiger partial charge on any atom is 0.272 e. The minimum Gasteiger partial charge on any atom is -0.478 e. The number of ether oxygens (including phenoxy) is 1. The van der Waals surface area contributed by atoms with E-state index in [9.17, 15) is 4.79 Å². The first-order valence-corrected chi connectivity index (χ1v) is 11.6. The zero-order valence-corrected chi connectivity index (χ0v) is 20.1. The van der Waals surface area contributed by atoms with Crippen LogP contribution >= 0.6 is 22.9 Å². The summed E-state index contributed by atoms with van der Waals surface area (Å²) in [6.45, 7) is 8.11. The smallest absolute Gasteiger partial charge is 0.272 e. The fourth-order valence-corrected chi connectivity index (χ4v) is 4.64. The highest BCUT2D eigenvalue weighted by Gasteiger charge is 2.36. The number of aryl methyl sites for hydroxylation is 2. The molecule has 0 bridgehead atoms. The van der Waals surface area contributed by atoms with Gasteiger partial charge < -0.3 is 4.74 Å². The molecule has 0 N–H and O–H groups in total. The minimum atomic E-state index is -1.11. The molecule has 1 amide bonds. The van der Waals surface area contributed by atoms with E-state index in [4.69, 9.17) is 21.3 Å². The SMILES string of the molecule is Cc1ccc2sc(N(Cc3ccccc3)C(=O)C(C)(C)Oc3ccc(Cl)cc3)nc2c1C. The van der Waals surface area contributed by atoms with E-state index in [1.54, 1.807) is 43.0 Å². The Morgan fingerprint density at radius 3 is 2.41 bits per heavy atom. The van der Waals surface area contributed by atoms with E-state index in [1.807, 2.05) is 30.3 Å². The molecule has 0 aliphatic rings. The number of carbonyl (C=O) groups is 1. The quantitative estimate of drug-likeness (QED) is 0.310. The topological polar surface area (TPSA) is 42.4 Å². The number of fused-ring (bicyclic) bond motifs is 1. The molecule has 6 heteroatoms. The van der Waals surface area contributed by atoms with Crippen molar-refractivity contribution in [2.24, 2.45) is 0 Å². The normalized spacial score (nSPS) is 11.5. The van der Waals surface area contributed by atoms with E-state index in [0.29, 0.717) is 22.4 Å². The number of aromatic nitrogens is 1. The maximum absolute atomic E-state index is 13.8. The summed E-state index contributed by atoms with van der Waals surface area (Å²) in [4.78, 5) is 20.4. The van der Waals surface area contributed by atoms with Crippen molar-refractivity contribution in [1.29, 1.82) is 0 Å². The fraction of sp³-hybridized carbons (Fsp3) is 0.231. The standard InChI is InChI=1S/C26H25ClN2O2S/c1-17-10-15-22-23(18(17)2)28-25(32-22)29(16-19-8-6-5-7-9-19)24(30)26(3,4)31-21-13-11-20(27)12-14-21/h5-15H,16H2,1-4H3. The maximum atomic E-state index is 13.8. The van der Waals surface area contributed by atoms with E-state index in [2.05, 4.69) is 26.0 Å². The van der Waals surface area contributed by atoms with Crippen molar-refractivity contribution in [3.8, 4) is 5.75 Å². The molecular weight excluding hydrogens is 440 g/mol. The van der Waals surface area contributed by atoms with Gasteiger partial charge in [0.1, 0.15) is 5.75 Å². The molecule has 32 heavy (non-hydrogen) atoms.